The number of ketones is 1. The van der Waals surface area contributed by atoms with Crippen molar-refractivity contribution < 1.29 is 4.79 Å². The molecule has 0 amide bonds. The van der Waals surface area contributed by atoms with Crippen LogP contribution in [0.2, 0.25) is 0 Å². The quantitative estimate of drug-likeness (QED) is 0.376. The van der Waals surface area contributed by atoms with Gasteiger partial charge in [-0.2, -0.15) is 5.26 Å². The number of Topliss-reactive ketones (excluding diaryl/α,β-unsaturated/α-hetero) is 1. The standard InChI is InChI=1S/C17H19N3O3/c1-9(2)13-14(19-17(23)20-16(13)22)15(21)12(5)7-10(3)6-11(4)8-18/h6-7,9H,4H2,1-3,5H3,(H2,19,20,22,23)/b10-6-,12-7+. The highest BCUT2D eigenvalue weighted by molar-refractivity contribution is 6.08. The summed E-state index contributed by atoms with van der Waals surface area (Å²) in [7, 11) is 0. The van der Waals surface area contributed by atoms with E-state index in [1.807, 2.05) is 6.07 Å². The van der Waals surface area contributed by atoms with E-state index >= 15 is 0 Å². The van der Waals surface area contributed by atoms with Crippen molar-refractivity contribution in [2.45, 2.75) is 33.6 Å². The van der Waals surface area contributed by atoms with Crippen LogP contribution in [0, 0.1) is 11.3 Å². The van der Waals surface area contributed by atoms with E-state index in [1.165, 1.54) is 0 Å². The molecule has 1 aromatic heterocycles. The molecule has 23 heavy (non-hydrogen) atoms. The Morgan fingerprint density at radius 1 is 1.22 bits per heavy atom. The second-order valence-corrected chi connectivity index (χ2v) is 5.53. The fourth-order valence-corrected chi connectivity index (χ4v) is 2.18. The van der Waals surface area contributed by atoms with Gasteiger partial charge >= 0.3 is 5.69 Å². The zero-order valence-corrected chi connectivity index (χ0v) is 13.6. The van der Waals surface area contributed by atoms with Crippen LogP contribution in [0.3, 0.4) is 0 Å². The molecule has 0 fully saturated rings. The molecule has 0 spiro atoms. The van der Waals surface area contributed by atoms with Crippen LogP contribution in [0.15, 0.2) is 45.0 Å². The Labute approximate surface area is 133 Å². The maximum absolute atomic E-state index is 12.6. The molecular weight excluding hydrogens is 294 g/mol. The van der Waals surface area contributed by atoms with Gasteiger partial charge in [0.25, 0.3) is 5.56 Å². The molecule has 0 saturated carbocycles. The van der Waals surface area contributed by atoms with Crippen LogP contribution in [0.5, 0.6) is 0 Å². The van der Waals surface area contributed by atoms with Crippen LogP contribution in [-0.4, -0.2) is 15.8 Å². The van der Waals surface area contributed by atoms with Gasteiger partial charge in [-0.15, -0.1) is 0 Å². The van der Waals surface area contributed by atoms with Gasteiger partial charge in [0.1, 0.15) is 0 Å². The second-order valence-electron chi connectivity index (χ2n) is 5.53. The predicted octanol–water partition coefficient (Wildman–Crippen LogP) is 2.34. The van der Waals surface area contributed by atoms with E-state index in [9.17, 15) is 14.4 Å². The molecule has 0 unspecified atom stereocenters. The molecule has 0 atom stereocenters. The number of carbonyl (C=O) groups is 1. The monoisotopic (exact) mass is 313 g/mol. The molecule has 0 aromatic carbocycles. The van der Waals surface area contributed by atoms with E-state index in [0.29, 0.717) is 11.1 Å². The van der Waals surface area contributed by atoms with Gasteiger partial charge in [-0.3, -0.25) is 14.6 Å². The first kappa shape index (κ1) is 18.1. The molecule has 0 saturated heterocycles. The Hall–Kier alpha value is -2.94. The first-order chi connectivity index (χ1) is 10.7. The Morgan fingerprint density at radius 2 is 1.83 bits per heavy atom. The van der Waals surface area contributed by atoms with Gasteiger partial charge < -0.3 is 4.98 Å². The molecule has 0 aliphatic heterocycles. The lowest BCUT2D eigenvalue weighted by atomic mass is 9.97. The number of rotatable bonds is 5. The number of aromatic nitrogens is 2. The summed E-state index contributed by atoms with van der Waals surface area (Å²) in [6.45, 7) is 10.4. The van der Waals surface area contributed by atoms with E-state index in [1.54, 1.807) is 39.8 Å². The molecule has 1 rings (SSSR count). The first-order valence-corrected chi connectivity index (χ1v) is 7.04. The minimum atomic E-state index is -0.722. The van der Waals surface area contributed by atoms with Crippen molar-refractivity contribution in [3.05, 3.63) is 67.5 Å². The van der Waals surface area contributed by atoms with E-state index < -0.39 is 17.0 Å². The average Bonchev–Trinajstić information content (AvgIpc) is 2.44. The van der Waals surface area contributed by atoms with Crippen molar-refractivity contribution in [3.63, 3.8) is 0 Å². The van der Waals surface area contributed by atoms with E-state index in [2.05, 4.69) is 16.5 Å². The lowest BCUT2D eigenvalue weighted by Gasteiger charge is -2.10. The number of nitrogens with one attached hydrogen (secondary N) is 2. The molecule has 1 aromatic rings. The van der Waals surface area contributed by atoms with Crippen molar-refractivity contribution >= 4 is 5.78 Å². The minimum Gasteiger partial charge on any atom is -0.304 e. The van der Waals surface area contributed by atoms with E-state index in [0.717, 1.165) is 0 Å². The summed E-state index contributed by atoms with van der Waals surface area (Å²) in [6.07, 6.45) is 3.12. The van der Waals surface area contributed by atoms with Crippen LogP contribution in [0.25, 0.3) is 0 Å². The van der Waals surface area contributed by atoms with Crippen LogP contribution >= 0.6 is 0 Å². The average molecular weight is 313 g/mol. The molecular formula is C17H19N3O3. The summed E-state index contributed by atoms with van der Waals surface area (Å²) >= 11 is 0. The van der Waals surface area contributed by atoms with Gasteiger partial charge in [-0.05, 0) is 37.0 Å². The molecule has 2 N–H and O–H groups in total. The van der Waals surface area contributed by atoms with Crippen LogP contribution in [0.4, 0.5) is 0 Å². The lowest BCUT2D eigenvalue weighted by Crippen LogP contribution is -2.30. The predicted molar refractivity (Wildman–Crippen MR) is 88.4 cm³/mol. The lowest BCUT2D eigenvalue weighted by molar-refractivity contribution is 0.102. The number of aromatic amines is 2. The van der Waals surface area contributed by atoms with Crippen molar-refractivity contribution in [2.24, 2.45) is 0 Å². The third-order valence-corrected chi connectivity index (χ3v) is 3.13. The fourth-order valence-electron chi connectivity index (χ4n) is 2.18. The van der Waals surface area contributed by atoms with Gasteiger partial charge in [0.2, 0.25) is 5.78 Å². The van der Waals surface area contributed by atoms with Crippen LogP contribution in [0.1, 0.15) is 49.7 Å². The van der Waals surface area contributed by atoms with Crippen molar-refractivity contribution in [1.82, 2.24) is 9.97 Å². The summed E-state index contributed by atoms with van der Waals surface area (Å²) in [4.78, 5) is 40.5. The molecule has 1 heterocycles. The molecule has 0 bridgehead atoms. The second kappa shape index (κ2) is 7.36. The molecule has 0 aliphatic rings. The Bertz CT molecular complexity index is 858. The van der Waals surface area contributed by atoms with E-state index in [-0.39, 0.29) is 22.7 Å². The van der Waals surface area contributed by atoms with Gasteiger partial charge in [-0.1, -0.05) is 26.5 Å². The SMILES string of the molecule is C=C(C#N)/C=C(C)\C=C(/C)C(=O)c1[nH]c(=O)[nH]c(=O)c1C(C)C. The molecule has 6 nitrogen and oxygen atoms in total. The smallest absolute Gasteiger partial charge is 0.304 e. The zero-order valence-electron chi connectivity index (χ0n) is 13.6. The van der Waals surface area contributed by atoms with Crippen LogP contribution < -0.4 is 11.2 Å². The first-order valence-electron chi connectivity index (χ1n) is 7.04. The normalized spacial score (nSPS) is 12.2. The van der Waals surface area contributed by atoms with Gasteiger partial charge in [0, 0.05) is 11.1 Å². The maximum atomic E-state index is 12.6. The summed E-state index contributed by atoms with van der Waals surface area (Å²) in [5, 5.41) is 8.70. The van der Waals surface area contributed by atoms with Gasteiger partial charge in [0.05, 0.1) is 11.8 Å². The van der Waals surface area contributed by atoms with E-state index in [4.69, 9.17) is 5.26 Å². The maximum Gasteiger partial charge on any atom is 0.326 e. The third kappa shape index (κ3) is 4.51. The van der Waals surface area contributed by atoms with Gasteiger partial charge in [-0.25, -0.2) is 4.79 Å². The minimum absolute atomic E-state index is 0.00518. The third-order valence-electron chi connectivity index (χ3n) is 3.13. The number of nitriles is 1. The highest BCUT2D eigenvalue weighted by atomic mass is 16.2. The Balaban J connectivity index is 3.38. The highest BCUT2D eigenvalue weighted by Crippen LogP contribution is 2.16. The zero-order chi connectivity index (χ0) is 17.7. The molecule has 6 heteroatoms. The fraction of sp³-hybridized carbons (Fsp3) is 0.294. The van der Waals surface area contributed by atoms with Crippen LogP contribution in [-0.2, 0) is 0 Å². The Kier molecular flexibility index (Phi) is 5.80. The molecule has 0 aliphatic carbocycles. The number of hydrogen-bond acceptors (Lipinski definition) is 4. The number of nitrogens with zero attached hydrogens (tertiary/aromatic N) is 1. The molecule has 120 valence electrons. The van der Waals surface area contributed by atoms with Gasteiger partial charge in [0.15, 0.2) is 0 Å². The highest BCUT2D eigenvalue weighted by Gasteiger charge is 2.20. The number of hydrogen-bond donors (Lipinski definition) is 2. The van der Waals surface area contributed by atoms with Crippen molar-refractivity contribution in [2.75, 3.05) is 0 Å². The molecule has 0 radical (unpaired) electrons. The van der Waals surface area contributed by atoms with Crippen molar-refractivity contribution in [3.8, 4) is 6.07 Å². The topological polar surface area (TPSA) is 107 Å². The number of carbonyl (C=O) groups excluding carboxylic acids is 1. The summed E-state index contributed by atoms with van der Waals surface area (Å²) in [5.41, 5.74) is 0.227. The summed E-state index contributed by atoms with van der Waals surface area (Å²) in [6, 6.07) is 1.89. The number of H-pyrrole nitrogens is 2. The summed E-state index contributed by atoms with van der Waals surface area (Å²) in [5.74, 6) is -0.662. The van der Waals surface area contributed by atoms with Crippen molar-refractivity contribution in [1.29, 1.82) is 5.26 Å². The summed E-state index contributed by atoms with van der Waals surface area (Å²) < 4.78 is 0. The number of allylic oxidation sites excluding steroid dienone is 5. The Morgan fingerprint density at radius 3 is 2.35 bits per heavy atom. The largest absolute Gasteiger partial charge is 0.326 e.